The highest BCUT2D eigenvalue weighted by Crippen LogP contribution is 2.36. The van der Waals surface area contributed by atoms with Crippen LogP contribution in [-0.4, -0.2) is 55.0 Å². The first-order chi connectivity index (χ1) is 16.6. The van der Waals surface area contributed by atoms with Gasteiger partial charge in [0.2, 0.25) is 5.91 Å². The summed E-state index contributed by atoms with van der Waals surface area (Å²) in [7, 11) is 0. The maximum atomic E-state index is 13.2. The molecule has 5 rings (SSSR count). The molecule has 0 aromatic heterocycles. The minimum Gasteiger partial charge on any atom is -0.369 e. The van der Waals surface area contributed by atoms with Gasteiger partial charge in [0.05, 0.1) is 12.5 Å². The van der Waals surface area contributed by atoms with E-state index >= 15 is 0 Å². The van der Waals surface area contributed by atoms with Gasteiger partial charge in [0.15, 0.2) is 0 Å². The molecule has 0 N–H and O–H groups in total. The van der Waals surface area contributed by atoms with Crippen LogP contribution < -0.4 is 4.90 Å². The summed E-state index contributed by atoms with van der Waals surface area (Å²) in [6.45, 7) is 7.98. The fourth-order valence-corrected chi connectivity index (χ4v) is 5.54. The highest BCUT2D eigenvalue weighted by molar-refractivity contribution is 6.30. The average Bonchev–Trinajstić information content (AvgIpc) is 2.84. The number of halogens is 1. The topological polar surface area (TPSA) is 26.8 Å². The van der Waals surface area contributed by atoms with Gasteiger partial charge in [-0.15, -0.1) is 0 Å². The molecule has 1 amide bonds. The molecule has 2 aliphatic rings. The van der Waals surface area contributed by atoms with Gasteiger partial charge in [0, 0.05) is 43.4 Å². The van der Waals surface area contributed by atoms with E-state index in [4.69, 9.17) is 11.6 Å². The summed E-state index contributed by atoms with van der Waals surface area (Å²) in [6.07, 6.45) is 1.48. The van der Waals surface area contributed by atoms with E-state index in [1.807, 2.05) is 24.3 Å². The molecule has 0 radical (unpaired) electrons. The summed E-state index contributed by atoms with van der Waals surface area (Å²) in [5.74, 6) is 0.232. The van der Waals surface area contributed by atoms with E-state index in [0.29, 0.717) is 6.42 Å². The number of anilines is 1. The molecule has 1 unspecified atom stereocenters. The van der Waals surface area contributed by atoms with E-state index < -0.39 is 0 Å². The van der Waals surface area contributed by atoms with E-state index in [9.17, 15) is 4.79 Å². The predicted octanol–water partition coefficient (Wildman–Crippen LogP) is 5.33. The van der Waals surface area contributed by atoms with Gasteiger partial charge in [-0.05, 0) is 54.8 Å². The van der Waals surface area contributed by atoms with Crippen molar-refractivity contribution in [3.63, 3.8) is 0 Å². The molecular weight excluding hydrogens is 442 g/mol. The minimum absolute atomic E-state index is 0.00275. The zero-order valence-corrected chi connectivity index (χ0v) is 20.5. The third-order valence-corrected chi connectivity index (χ3v) is 7.34. The Bertz CT molecular complexity index is 1160. The quantitative estimate of drug-likeness (QED) is 0.483. The van der Waals surface area contributed by atoms with Crippen molar-refractivity contribution < 1.29 is 4.79 Å². The predicted molar refractivity (Wildman–Crippen MR) is 140 cm³/mol. The molecule has 1 atom stereocenters. The van der Waals surface area contributed by atoms with Crippen LogP contribution in [0.15, 0.2) is 72.8 Å². The van der Waals surface area contributed by atoms with Crippen LogP contribution in [0, 0.1) is 6.92 Å². The molecule has 0 saturated carbocycles. The van der Waals surface area contributed by atoms with Crippen molar-refractivity contribution in [3.05, 3.63) is 100 Å². The lowest BCUT2D eigenvalue weighted by Gasteiger charge is -2.39. The number of rotatable bonds is 6. The van der Waals surface area contributed by atoms with Crippen molar-refractivity contribution in [2.45, 2.75) is 25.8 Å². The summed E-state index contributed by atoms with van der Waals surface area (Å²) < 4.78 is 0. The Hall–Kier alpha value is -2.82. The van der Waals surface area contributed by atoms with Gasteiger partial charge < -0.3 is 9.80 Å². The highest BCUT2D eigenvalue weighted by atomic mass is 35.5. The second-order valence-electron chi connectivity index (χ2n) is 9.44. The zero-order valence-electron chi connectivity index (χ0n) is 19.8. The average molecular weight is 474 g/mol. The van der Waals surface area contributed by atoms with Gasteiger partial charge in [0.25, 0.3) is 0 Å². The van der Waals surface area contributed by atoms with Crippen LogP contribution >= 0.6 is 11.6 Å². The zero-order chi connectivity index (χ0) is 23.5. The number of piperazine rings is 1. The van der Waals surface area contributed by atoms with Crippen molar-refractivity contribution in [2.24, 2.45) is 0 Å². The number of aryl methyl sites for hydroxylation is 1. The van der Waals surface area contributed by atoms with Crippen LogP contribution in [0.2, 0.25) is 5.02 Å². The molecule has 0 spiro atoms. The van der Waals surface area contributed by atoms with E-state index in [2.05, 4.69) is 70.2 Å². The van der Waals surface area contributed by atoms with Gasteiger partial charge in [-0.2, -0.15) is 0 Å². The molecule has 34 heavy (non-hydrogen) atoms. The van der Waals surface area contributed by atoms with Crippen LogP contribution in [0.25, 0.3) is 0 Å². The standard InChI is InChI=1S/C29H32ClN3O/c1-22-7-4-9-24(19-22)29-27-12-3-2-8-23(27)20-28(34)33(29)14-6-13-31-15-17-32(18-16-31)26-11-5-10-25(30)21-26/h2-5,7-12,19,21,29H,6,13-18,20H2,1H3. The Balaban J connectivity index is 1.23. The Morgan fingerprint density at radius 1 is 0.882 bits per heavy atom. The molecule has 4 nitrogen and oxygen atoms in total. The maximum Gasteiger partial charge on any atom is 0.227 e. The lowest BCUT2D eigenvalue weighted by molar-refractivity contribution is -0.133. The first-order valence-corrected chi connectivity index (χ1v) is 12.6. The SMILES string of the molecule is Cc1cccc(C2c3ccccc3CC(=O)N2CCCN2CCN(c3cccc(Cl)c3)CC2)c1. The van der Waals surface area contributed by atoms with Gasteiger partial charge in [-0.25, -0.2) is 0 Å². The second kappa shape index (κ2) is 10.2. The molecule has 2 heterocycles. The fourth-order valence-electron chi connectivity index (χ4n) is 5.36. The Morgan fingerprint density at radius 3 is 2.47 bits per heavy atom. The number of hydrogen-bond donors (Lipinski definition) is 0. The van der Waals surface area contributed by atoms with Gasteiger partial charge in [0.1, 0.15) is 0 Å². The molecule has 1 fully saturated rings. The second-order valence-corrected chi connectivity index (χ2v) is 9.88. The van der Waals surface area contributed by atoms with E-state index in [1.165, 1.54) is 22.4 Å². The van der Waals surface area contributed by atoms with Crippen LogP contribution in [0.5, 0.6) is 0 Å². The van der Waals surface area contributed by atoms with E-state index in [0.717, 1.165) is 56.3 Å². The molecule has 2 aliphatic heterocycles. The van der Waals surface area contributed by atoms with Crippen LogP contribution in [0.4, 0.5) is 5.69 Å². The third kappa shape index (κ3) is 4.98. The number of hydrogen-bond acceptors (Lipinski definition) is 3. The molecule has 176 valence electrons. The van der Waals surface area contributed by atoms with Crippen molar-refractivity contribution in [1.29, 1.82) is 0 Å². The normalized spacial score (nSPS) is 18.8. The molecule has 3 aromatic carbocycles. The molecule has 5 heteroatoms. The molecular formula is C29H32ClN3O. The van der Waals surface area contributed by atoms with Crippen molar-refractivity contribution in [2.75, 3.05) is 44.2 Å². The first kappa shape index (κ1) is 22.9. The Morgan fingerprint density at radius 2 is 1.68 bits per heavy atom. The van der Waals surface area contributed by atoms with Gasteiger partial charge in [-0.3, -0.25) is 9.69 Å². The van der Waals surface area contributed by atoms with Gasteiger partial charge in [-0.1, -0.05) is 71.8 Å². The molecule has 0 bridgehead atoms. The van der Waals surface area contributed by atoms with Crippen LogP contribution in [0.1, 0.15) is 34.7 Å². The number of carbonyl (C=O) groups is 1. The summed E-state index contributed by atoms with van der Waals surface area (Å²) >= 11 is 6.17. The summed E-state index contributed by atoms with van der Waals surface area (Å²) in [6, 6.07) is 25.1. The van der Waals surface area contributed by atoms with Gasteiger partial charge >= 0.3 is 0 Å². The lowest BCUT2D eigenvalue weighted by atomic mass is 9.87. The third-order valence-electron chi connectivity index (χ3n) is 7.10. The van der Waals surface area contributed by atoms with Crippen molar-refractivity contribution in [3.8, 4) is 0 Å². The first-order valence-electron chi connectivity index (χ1n) is 12.3. The Labute approximate surface area is 207 Å². The minimum atomic E-state index is -0.00275. The number of benzene rings is 3. The monoisotopic (exact) mass is 473 g/mol. The highest BCUT2D eigenvalue weighted by Gasteiger charge is 2.33. The maximum absolute atomic E-state index is 13.2. The smallest absolute Gasteiger partial charge is 0.227 e. The van der Waals surface area contributed by atoms with Crippen molar-refractivity contribution >= 4 is 23.2 Å². The Kier molecular flexibility index (Phi) is 6.89. The molecule has 1 saturated heterocycles. The van der Waals surface area contributed by atoms with Crippen LogP contribution in [0.3, 0.4) is 0 Å². The number of nitrogens with zero attached hydrogens (tertiary/aromatic N) is 3. The largest absolute Gasteiger partial charge is 0.369 e. The fraction of sp³-hybridized carbons (Fsp3) is 0.345. The lowest BCUT2D eigenvalue weighted by Crippen LogP contribution is -2.47. The molecule has 3 aromatic rings. The molecule has 0 aliphatic carbocycles. The van der Waals surface area contributed by atoms with E-state index in [1.54, 1.807) is 0 Å². The van der Waals surface area contributed by atoms with Crippen LogP contribution in [-0.2, 0) is 11.2 Å². The summed E-state index contributed by atoms with van der Waals surface area (Å²) in [5.41, 5.74) is 6.06. The number of carbonyl (C=O) groups excluding carboxylic acids is 1. The van der Waals surface area contributed by atoms with E-state index in [-0.39, 0.29) is 11.9 Å². The summed E-state index contributed by atoms with van der Waals surface area (Å²) in [4.78, 5) is 20.3. The number of amides is 1. The number of fused-ring (bicyclic) bond motifs is 1. The van der Waals surface area contributed by atoms with Crippen molar-refractivity contribution in [1.82, 2.24) is 9.80 Å². The summed E-state index contributed by atoms with van der Waals surface area (Å²) in [5, 5.41) is 0.788.